The molecule has 6 atom stereocenters. The number of nitrogens with one attached hydrogen (secondary N) is 3. The standard InChI is InChI=1S/C22H34N4O8/c1-10(2)17(25-19(30)16(23)11(3)27)20(31)26-18(12(4)28)21(32)24-15(22(33)34)9-13-5-7-14(29)8-6-13/h5-8,10-12,15-18,27-29H,9,23H2,1-4H3,(H,24,32)(H,25,30)(H,26,31)(H,33,34). The van der Waals surface area contributed by atoms with Crippen molar-refractivity contribution >= 4 is 23.7 Å². The zero-order chi connectivity index (χ0) is 26.2. The normalized spacial score (nSPS) is 16.5. The lowest BCUT2D eigenvalue weighted by atomic mass is 10.0. The van der Waals surface area contributed by atoms with Crippen LogP contribution >= 0.6 is 0 Å². The zero-order valence-electron chi connectivity index (χ0n) is 19.6. The van der Waals surface area contributed by atoms with Crippen molar-refractivity contribution in [3.63, 3.8) is 0 Å². The molecule has 0 saturated carbocycles. The topological polar surface area (TPSA) is 211 Å². The summed E-state index contributed by atoms with van der Waals surface area (Å²) in [4.78, 5) is 49.4. The molecule has 0 radical (unpaired) electrons. The van der Waals surface area contributed by atoms with Crippen LogP contribution in [0, 0.1) is 5.92 Å². The van der Waals surface area contributed by atoms with Crippen molar-refractivity contribution in [1.82, 2.24) is 16.0 Å². The van der Waals surface area contributed by atoms with Gasteiger partial charge in [0.05, 0.1) is 12.2 Å². The van der Waals surface area contributed by atoms with Gasteiger partial charge in [0, 0.05) is 6.42 Å². The summed E-state index contributed by atoms with van der Waals surface area (Å²) in [5, 5.41) is 45.5. The minimum atomic E-state index is -1.52. The first-order chi connectivity index (χ1) is 15.7. The third-order valence-electron chi connectivity index (χ3n) is 5.12. The highest BCUT2D eigenvalue weighted by atomic mass is 16.4. The summed E-state index contributed by atoms with van der Waals surface area (Å²) in [5.41, 5.74) is 6.12. The predicted octanol–water partition coefficient (Wildman–Crippen LogP) is -1.78. The molecule has 190 valence electrons. The molecule has 12 heteroatoms. The fourth-order valence-electron chi connectivity index (χ4n) is 2.98. The molecule has 0 bridgehead atoms. The zero-order valence-corrected chi connectivity index (χ0v) is 19.6. The number of carbonyl (C=O) groups is 4. The second-order valence-electron chi connectivity index (χ2n) is 8.49. The predicted molar refractivity (Wildman–Crippen MR) is 121 cm³/mol. The van der Waals surface area contributed by atoms with Crippen LogP contribution in [0.15, 0.2) is 24.3 Å². The van der Waals surface area contributed by atoms with Crippen LogP contribution in [-0.4, -0.2) is 80.5 Å². The van der Waals surface area contributed by atoms with Gasteiger partial charge in [-0.3, -0.25) is 14.4 Å². The van der Waals surface area contributed by atoms with Crippen molar-refractivity contribution in [1.29, 1.82) is 0 Å². The van der Waals surface area contributed by atoms with Crippen LogP contribution in [0.1, 0.15) is 33.3 Å². The SMILES string of the molecule is CC(C)C(NC(=O)C(N)C(C)O)C(=O)NC(C(=O)NC(Cc1ccc(O)cc1)C(=O)O)C(C)O. The van der Waals surface area contributed by atoms with Crippen molar-refractivity contribution in [3.05, 3.63) is 29.8 Å². The van der Waals surface area contributed by atoms with Gasteiger partial charge in [-0.1, -0.05) is 26.0 Å². The number of aliphatic carboxylic acids is 1. The first-order valence-electron chi connectivity index (χ1n) is 10.8. The minimum Gasteiger partial charge on any atom is -0.508 e. The van der Waals surface area contributed by atoms with Gasteiger partial charge in [0.15, 0.2) is 0 Å². The number of aromatic hydroxyl groups is 1. The van der Waals surface area contributed by atoms with Gasteiger partial charge >= 0.3 is 5.97 Å². The van der Waals surface area contributed by atoms with Gasteiger partial charge in [-0.05, 0) is 37.5 Å². The van der Waals surface area contributed by atoms with Crippen molar-refractivity contribution < 1.29 is 39.6 Å². The molecule has 12 nitrogen and oxygen atoms in total. The Balaban J connectivity index is 2.95. The van der Waals surface area contributed by atoms with Gasteiger partial charge in [0.25, 0.3) is 0 Å². The van der Waals surface area contributed by atoms with Crippen LogP contribution in [0.4, 0.5) is 0 Å². The number of aliphatic hydroxyl groups is 2. The van der Waals surface area contributed by atoms with E-state index in [4.69, 9.17) is 5.73 Å². The van der Waals surface area contributed by atoms with Crippen LogP contribution in [-0.2, 0) is 25.6 Å². The molecule has 3 amide bonds. The van der Waals surface area contributed by atoms with E-state index in [2.05, 4.69) is 16.0 Å². The van der Waals surface area contributed by atoms with Crippen molar-refractivity contribution in [2.75, 3.05) is 0 Å². The maximum Gasteiger partial charge on any atom is 0.326 e. The molecule has 0 fully saturated rings. The molecular weight excluding hydrogens is 448 g/mol. The number of aliphatic hydroxyl groups excluding tert-OH is 2. The largest absolute Gasteiger partial charge is 0.508 e. The molecule has 34 heavy (non-hydrogen) atoms. The number of benzene rings is 1. The van der Waals surface area contributed by atoms with E-state index in [9.17, 15) is 39.6 Å². The highest BCUT2D eigenvalue weighted by molar-refractivity contribution is 5.94. The Labute approximate surface area is 197 Å². The number of phenols is 1. The molecule has 0 aliphatic rings. The van der Waals surface area contributed by atoms with E-state index >= 15 is 0 Å². The van der Waals surface area contributed by atoms with Gasteiger partial charge in [0.1, 0.15) is 29.9 Å². The van der Waals surface area contributed by atoms with E-state index in [0.29, 0.717) is 5.56 Å². The summed E-state index contributed by atoms with van der Waals surface area (Å²) in [5.74, 6) is -4.29. The number of rotatable bonds is 12. The number of carboxylic acids is 1. The van der Waals surface area contributed by atoms with Gasteiger partial charge < -0.3 is 42.1 Å². The first-order valence-corrected chi connectivity index (χ1v) is 10.8. The number of amides is 3. The Kier molecular flexibility index (Phi) is 10.9. The van der Waals surface area contributed by atoms with E-state index in [1.165, 1.54) is 38.1 Å². The Morgan fingerprint density at radius 2 is 1.32 bits per heavy atom. The van der Waals surface area contributed by atoms with E-state index in [1.54, 1.807) is 13.8 Å². The van der Waals surface area contributed by atoms with E-state index in [1.807, 2.05) is 0 Å². The van der Waals surface area contributed by atoms with Gasteiger partial charge in [0.2, 0.25) is 17.7 Å². The number of carbonyl (C=O) groups excluding carboxylic acids is 3. The van der Waals surface area contributed by atoms with Crippen molar-refractivity contribution in [2.24, 2.45) is 11.7 Å². The van der Waals surface area contributed by atoms with E-state index < -0.39 is 66.0 Å². The van der Waals surface area contributed by atoms with Crippen LogP contribution in [0.25, 0.3) is 0 Å². The number of phenolic OH excluding ortho intramolecular Hbond substituents is 1. The smallest absolute Gasteiger partial charge is 0.326 e. The highest BCUT2D eigenvalue weighted by Gasteiger charge is 2.34. The summed E-state index contributed by atoms with van der Waals surface area (Å²) in [7, 11) is 0. The highest BCUT2D eigenvalue weighted by Crippen LogP contribution is 2.12. The summed E-state index contributed by atoms with van der Waals surface area (Å²) >= 11 is 0. The first kappa shape index (κ1) is 28.8. The van der Waals surface area contributed by atoms with Crippen LogP contribution < -0.4 is 21.7 Å². The summed E-state index contributed by atoms with van der Waals surface area (Å²) in [6, 6.07) is 0.438. The number of hydrogen-bond donors (Lipinski definition) is 8. The summed E-state index contributed by atoms with van der Waals surface area (Å²) in [6.07, 6.45) is -2.66. The molecule has 1 aromatic rings. The Morgan fingerprint density at radius 3 is 1.76 bits per heavy atom. The average Bonchev–Trinajstić information content (AvgIpc) is 2.74. The lowest BCUT2D eigenvalue weighted by Gasteiger charge is -2.28. The molecule has 9 N–H and O–H groups in total. The monoisotopic (exact) mass is 482 g/mol. The van der Waals surface area contributed by atoms with Crippen molar-refractivity contribution in [2.45, 2.75) is 70.5 Å². The van der Waals surface area contributed by atoms with Crippen LogP contribution in [0.2, 0.25) is 0 Å². The third-order valence-corrected chi connectivity index (χ3v) is 5.12. The van der Waals surface area contributed by atoms with E-state index in [-0.39, 0.29) is 12.2 Å². The number of carboxylic acid groups (broad SMARTS) is 1. The molecular formula is C22H34N4O8. The fraction of sp³-hybridized carbons (Fsp3) is 0.545. The quantitative estimate of drug-likeness (QED) is 0.169. The molecule has 6 unspecified atom stereocenters. The minimum absolute atomic E-state index is 0.00209. The lowest BCUT2D eigenvalue weighted by molar-refractivity contribution is -0.143. The third kappa shape index (κ3) is 8.61. The Bertz CT molecular complexity index is 857. The number of hydrogen-bond acceptors (Lipinski definition) is 8. The molecule has 0 aromatic heterocycles. The molecule has 1 aromatic carbocycles. The molecule has 1 rings (SSSR count). The molecule has 0 heterocycles. The summed E-state index contributed by atoms with van der Waals surface area (Å²) < 4.78 is 0. The number of nitrogens with two attached hydrogens (primary N) is 1. The van der Waals surface area contributed by atoms with Crippen LogP contribution in [0.5, 0.6) is 5.75 Å². The average molecular weight is 483 g/mol. The molecule has 0 saturated heterocycles. The Hall–Kier alpha value is -3.22. The Morgan fingerprint density at radius 1 is 0.824 bits per heavy atom. The summed E-state index contributed by atoms with van der Waals surface area (Å²) in [6.45, 7) is 5.83. The van der Waals surface area contributed by atoms with Gasteiger partial charge in [-0.2, -0.15) is 0 Å². The maximum atomic E-state index is 12.8. The van der Waals surface area contributed by atoms with Crippen molar-refractivity contribution in [3.8, 4) is 5.75 Å². The molecule has 0 aliphatic carbocycles. The van der Waals surface area contributed by atoms with Gasteiger partial charge in [-0.25, -0.2) is 4.79 Å². The second-order valence-corrected chi connectivity index (χ2v) is 8.49. The van der Waals surface area contributed by atoms with Gasteiger partial charge in [-0.15, -0.1) is 0 Å². The fourth-order valence-corrected chi connectivity index (χ4v) is 2.98. The molecule has 0 aliphatic heterocycles. The molecule has 0 spiro atoms. The second kappa shape index (κ2) is 12.9. The van der Waals surface area contributed by atoms with Crippen LogP contribution in [0.3, 0.4) is 0 Å². The van der Waals surface area contributed by atoms with E-state index in [0.717, 1.165) is 0 Å². The maximum absolute atomic E-state index is 12.8. The lowest BCUT2D eigenvalue weighted by Crippen LogP contribution is -2.61.